The van der Waals surface area contributed by atoms with Gasteiger partial charge in [-0.05, 0) is 50.6 Å². The first-order valence-electron chi connectivity index (χ1n) is 5.99. The molecule has 0 bridgehead atoms. The fourth-order valence-corrected chi connectivity index (χ4v) is 2.33. The summed E-state index contributed by atoms with van der Waals surface area (Å²) < 4.78 is 0. The average molecular weight is 239 g/mol. The van der Waals surface area contributed by atoms with Crippen LogP contribution in [-0.4, -0.2) is 31.1 Å². The number of nitrogens with zero attached hydrogens (tertiary/aromatic N) is 1. The Bertz CT molecular complexity index is 346. The molecule has 0 spiro atoms. The lowest BCUT2D eigenvalue weighted by Crippen LogP contribution is -2.26. The Hall–Kier alpha value is -0.730. The summed E-state index contributed by atoms with van der Waals surface area (Å²) in [5.74, 6) is 0. The lowest BCUT2D eigenvalue weighted by Gasteiger charge is -2.16. The third-order valence-electron chi connectivity index (χ3n) is 3.21. The highest BCUT2D eigenvalue weighted by Gasteiger charge is 2.10. The number of benzene rings is 1. The predicted octanol–water partition coefficient (Wildman–Crippen LogP) is 3.16. The van der Waals surface area contributed by atoms with Crippen LogP contribution in [0.25, 0.3) is 0 Å². The fraction of sp³-hybridized carbons (Fsp3) is 0.538. The normalized spacial score (nSPS) is 16.6. The van der Waals surface area contributed by atoms with Gasteiger partial charge in [0.05, 0.1) is 0 Å². The largest absolute Gasteiger partial charge is 0.384 e. The van der Waals surface area contributed by atoms with Crippen LogP contribution in [0.3, 0.4) is 0 Å². The Morgan fingerprint density at radius 1 is 1.31 bits per heavy atom. The van der Waals surface area contributed by atoms with Gasteiger partial charge in [0.1, 0.15) is 0 Å². The standard InChI is InChI=1S/C13H19ClN2/c1-11-12(14)5-4-6-13(11)15-7-10-16-8-2-3-9-16/h4-6,15H,2-3,7-10H2,1H3. The van der Waals surface area contributed by atoms with Crippen molar-refractivity contribution >= 4 is 17.3 Å². The number of hydrogen-bond acceptors (Lipinski definition) is 2. The van der Waals surface area contributed by atoms with Gasteiger partial charge in [-0.15, -0.1) is 0 Å². The van der Waals surface area contributed by atoms with Crippen LogP contribution in [0.2, 0.25) is 5.02 Å². The van der Waals surface area contributed by atoms with Crippen molar-refractivity contribution in [2.45, 2.75) is 19.8 Å². The van der Waals surface area contributed by atoms with Crippen molar-refractivity contribution in [2.24, 2.45) is 0 Å². The molecule has 88 valence electrons. The van der Waals surface area contributed by atoms with E-state index < -0.39 is 0 Å². The lowest BCUT2D eigenvalue weighted by atomic mass is 10.2. The molecule has 0 saturated carbocycles. The van der Waals surface area contributed by atoms with E-state index in [4.69, 9.17) is 11.6 Å². The average Bonchev–Trinajstić information content (AvgIpc) is 2.77. The van der Waals surface area contributed by atoms with Crippen LogP contribution in [0.5, 0.6) is 0 Å². The maximum atomic E-state index is 6.07. The van der Waals surface area contributed by atoms with E-state index in [1.54, 1.807) is 0 Å². The van der Waals surface area contributed by atoms with Gasteiger partial charge in [-0.2, -0.15) is 0 Å². The van der Waals surface area contributed by atoms with Gasteiger partial charge in [0.15, 0.2) is 0 Å². The lowest BCUT2D eigenvalue weighted by molar-refractivity contribution is 0.352. The maximum Gasteiger partial charge on any atom is 0.0455 e. The fourth-order valence-electron chi connectivity index (χ4n) is 2.15. The first-order valence-corrected chi connectivity index (χ1v) is 6.36. The zero-order valence-corrected chi connectivity index (χ0v) is 10.6. The first kappa shape index (κ1) is 11.7. The van der Waals surface area contributed by atoms with Crippen LogP contribution in [0, 0.1) is 6.92 Å². The zero-order chi connectivity index (χ0) is 11.4. The Kier molecular flexibility index (Phi) is 4.08. The molecule has 2 rings (SSSR count). The summed E-state index contributed by atoms with van der Waals surface area (Å²) in [6.07, 6.45) is 2.71. The summed E-state index contributed by atoms with van der Waals surface area (Å²) in [7, 11) is 0. The van der Waals surface area contributed by atoms with Crippen LogP contribution in [0.15, 0.2) is 18.2 Å². The summed E-state index contributed by atoms with van der Waals surface area (Å²) in [5, 5.41) is 4.29. The highest BCUT2D eigenvalue weighted by atomic mass is 35.5. The molecule has 0 unspecified atom stereocenters. The number of halogens is 1. The van der Waals surface area contributed by atoms with Gasteiger partial charge in [-0.3, -0.25) is 0 Å². The van der Waals surface area contributed by atoms with Crippen LogP contribution in [-0.2, 0) is 0 Å². The minimum atomic E-state index is 0.839. The molecule has 1 fully saturated rings. The minimum absolute atomic E-state index is 0.839. The third kappa shape index (κ3) is 2.89. The molecule has 0 atom stereocenters. The van der Waals surface area contributed by atoms with Crippen molar-refractivity contribution in [3.8, 4) is 0 Å². The third-order valence-corrected chi connectivity index (χ3v) is 3.62. The molecule has 1 saturated heterocycles. The van der Waals surface area contributed by atoms with Gasteiger partial charge >= 0.3 is 0 Å². The van der Waals surface area contributed by atoms with E-state index >= 15 is 0 Å². The Morgan fingerprint density at radius 3 is 2.81 bits per heavy atom. The van der Waals surface area contributed by atoms with E-state index in [1.807, 2.05) is 12.1 Å². The van der Waals surface area contributed by atoms with Crippen LogP contribution in [0.1, 0.15) is 18.4 Å². The second kappa shape index (κ2) is 5.55. The molecule has 0 aromatic heterocycles. The first-order chi connectivity index (χ1) is 7.77. The van der Waals surface area contributed by atoms with E-state index in [-0.39, 0.29) is 0 Å². The molecular formula is C13H19ClN2. The highest BCUT2D eigenvalue weighted by Crippen LogP contribution is 2.22. The summed E-state index contributed by atoms with van der Waals surface area (Å²) >= 11 is 6.07. The van der Waals surface area contributed by atoms with E-state index in [1.165, 1.54) is 25.9 Å². The molecule has 0 aliphatic carbocycles. The SMILES string of the molecule is Cc1c(Cl)cccc1NCCN1CCCC1. The molecule has 1 aliphatic rings. The molecule has 16 heavy (non-hydrogen) atoms. The topological polar surface area (TPSA) is 15.3 Å². The van der Waals surface area contributed by atoms with Gasteiger partial charge in [0, 0.05) is 23.8 Å². The van der Waals surface area contributed by atoms with Gasteiger partial charge in [-0.25, -0.2) is 0 Å². The Labute approximate surface area is 103 Å². The second-order valence-electron chi connectivity index (χ2n) is 4.39. The highest BCUT2D eigenvalue weighted by molar-refractivity contribution is 6.31. The molecule has 1 aromatic carbocycles. The summed E-state index contributed by atoms with van der Waals surface area (Å²) in [6, 6.07) is 6.02. The van der Waals surface area contributed by atoms with Crippen molar-refractivity contribution in [1.82, 2.24) is 4.90 Å². The molecule has 1 N–H and O–H groups in total. The van der Waals surface area contributed by atoms with Crippen molar-refractivity contribution in [3.63, 3.8) is 0 Å². The van der Waals surface area contributed by atoms with Gasteiger partial charge < -0.3 is 10.2 Å². The quantitative estimate of drug-likeness (QED) is 0.867. The number of nitrogens with one attached hydrogen (secondary N) is 1. The van der Waals surface area contributed by atoms with Crippen LogP contribution >= 0.6 is 11.6 Å². The number of anilines is 1. The Morgan fingerprint density at radius 2 is 2.06 bits per heavy atom. The molecular weight excluding hydrogens is 220 g/mol. The van der Waals surface area contributed by atoms with Crippen molar-refractivity contribution in [3.05, 3.63) is 28.8 Å². The number of likely N-dealkylation sites (tertiary alicyclic amines) is 1. The second-order valence-corrected chi connectivity index (χ2v) is 4.80. The van der Waals surface area contributed by atoms with Crippen molar-refractivity contribution in [2.75, 3.05) is 31.5 Å². The van der Waals surface area contributed by atoms with E-state index in [0.717, 1.165) is 29.4 Å². The van der Waals surface area contributed by atoms with Crippen LogP contribution in [0.4, 0.5) is 5.69 Å². The number of rotatable bonds is 4. The molecule has 3 heteroatoms. The minimum Gasteiger partial charge on any atom is -0.384 e. The molecule has 0 radical (unpaired) electrons. The molecule has 0 amide bonds. The summed E-state index contributed by atoms with van der Waals surface area (Å²) in [4.78, 5) is 2.51. The van der Waals surface area contributed by atoms with Gasteiger partial charge in [0.2, 0.25) is 0 Å². The van der Waals surface area contributed by atoms with Gasteiger partial charge in [0.25, 0.3) is 0 Å². The molecule has 1 aliphatic heterocycles. The number of hydrogen-bond donors (Lipinski definition) is 1. The van der Waals surface area contributed by atoms with E-state index in [0.29, 0.717) is 0 Å². The van der Waals surface area contributed by atoms with E-state index in [9.17, 15) is 0 Å². The summed E-state index contributed by atoms with van der Waals surface area (Å²) in [6.45, 7) is 6.71. The molecule has 1 aromatic rings. The van der Waals surface area contributed by atoms with E-state index in [2.05, 4.69) is 23.2 Å². The molecule has 1 heterocycles. The Balaban J connectivity index is 1.82. The maximum absolute atomic E-state index is 6.07. The monoisotopic (exact) mass is 238 g/mol. The molecule has 2 nitrogen and oxygen atoms in total. The zero-order valence-electron chi connectivity index (χ0n) is 9.80. The van der Waals surface area contributed by atoms with Gasteiger partial charge in [-0.1, -0.05) is 17.7 Å². The summed E-state index contributed by atoms with van der Waals surface area (Å²) in [5.41, 5.74) is 2.30. The van der Waals surface area contributed by atoms with Crippen molar-refractivity contribution < 1.29 is 0 Å². The van der Waals surface area contributed by atoms with Crippen LogP contribution < -0.4 is 5.32 Å². The smallest absolute Gasteiger partial charge is 0.0455 e. The predicted molar refractivity (Wildman–Crippen MR) is 70.4 cm³/mol. The van der Waals surface area contributed by atoms with Crippen molar-refractivity contribution in [1.29, 1.82) is 0 Å².